The first-order chi connectivity index (χ1) is 11.6. The molecule has 0 radical (unpaired) electrons. The van der Waals surface area contributed by atoms with E-state index in [1.807, 2.05) is 18.7 Å². The normalized spacial score (nSPS) is 17.8. The Morgan fingerprint density at radius 2 is 2.00 bits per heavy atom. The number of halogens is 1. The summed E-state index contributed by atoms with van der Waals surface area (Å²) in [6.45, 7) is 4.38. The summed E-state index contributed by atoms with van der Waals surface area (Å²) >= 11 is 1.98. The van der Waals surface area contributed by atoms with Gasteiger partial charge in [-0.25, -0.2) is 13.1 Å². The molecule has 1 unspecified atom stereocenters. The van der Waals surface area contributed by atoms with Crippen molar-refractivity contribution in [3.8, 4) is 0 Å². The van der Waals surface area contributed by atoms with Gasteiger partial charge in [0.05, 0.1) is 11.4 Å². The maximum absolute atomic E-state index is 12.1. The molecule has 1 heterocycles. The molecule has 1 aliphatic rings. The highest BCUT2D eigenvalue weighted by Gasteiger charge is 2.15. The summed E-state index contributed by atoms with van der Waals surface area (Å²) in [5, 5.41) is 6.97. The molecular weight excluding hydrogens is 471 g/mol. The third-order valence-electron chi connectivity index (χ3n) is 3.58. The molecule has 1 saturated heterocycles. The van der Waals surface area contributed by atoms with Crippen molar-refractivity contribution in [1.82, 2.24) is 15.4 Å². The number of rotatable bonds is 8. The van der Waals surface area contributed by atoms with Crippen molar-refractivity contribution < 1.29 is 8.42 Å². The summed E-state index contributed by atoms with van der Waals surface area (Å²) < 4.78 is 26.8. The molecule has 1 aromatic rings. The topological polar surface area (TPSA) is 82.6 Å². The number of hydrogen-bond acceptors (Lipinski definition) is 4. The first-order valence-electron chi connectivity index (χ1n) is 8.30. The van der Waals surface area contributed by atoms with E-state index < -0.39 is 10.0 Å². The molecule has 3 N–H and O–H groups in total. The molecule has 9 heteroatoms. The molecule has 142 valence electrons. The van der Waals surface area contributed by atoms with Crippen LogP contribution in [0.4, 0.5) is 0 Å². The zero-order chi connectivity index (χ0) is 17.3. The zero-order valence-corrected chi connectivity index (χ0v) is 18.4. The Kier molecular flexibility index (Phi) is 10.8. The van der Waals surface area contributed by atoms with Gasteiger partial charge in [0.25, 0.3) is 0 Å². The van der Waals surface area contributed by atoms with Crippen molar-refractivity contribution in [1.29, 1.82) is 0 Å². The van der Waals surface area contributed by atoms with Gasteiger partial charge in [-0.3, -0.25) is 4.99 Å². The minimum atomic E-state index is -3.45. The molecule has 0 spiro atoms. The van der Waals surface area contributed by atoms with E-state index >= 15 is 0 Å². The van der Waals surface area contributed by atoms with Crippen LogP contribution in [0.5, 0.6) is 0 Å². The average molecular weight is 498 g/mol. The van der Waals surface area contributed by atoms with Gasteiger partial charge in [-0.05, 0) is 37.7 Å². The lowest BCUT2D eigenvalue weighted by Crippen LogP contribution is -2.41. The van der Waals surface area contributed by atoms with Crippen LogP contribution in [0, 0.1) is 0 Å². The van der Waals surface area contributed by atoms with E-state index in [0.29, 0.717) is 18.3 Å². The van der Waals surface area contributed by atoms with Gasteiger partial charge in [0.15, 0.2) is 5.96 Å². The first kappa shape index (κ1) is 22.5. The van der Waals surface area contributed by atoms with Crippen LogP contribution in [0.25, 0.3) is 0 Å². The van der Waals surface area contributed by atoms with Crippen LogP contribution < -0.4 is 15.4 Å². The standard InChI is InChI=1S/C16H26N4O2S2.HI/c1-2-17-16(19-13-14-7-6-12-23-14)18-10-11-20-24(21,22)15-8-4-3-5-9-15;/h3-5,8-9,14,20H,2,6-7,10-13H2,1H3,(H2,17,18,19);1H. The SMILES string of the molecule is CCNC(=NCC1CCCS1)NCCNS(=O)(=O)c1ccccc1.I. The highest BCUT2D eigenvalue weighted by atomic mass is 127. The Morgan fingerprint density at radius 3 is 2.64 bits per heavy atom. The van der Waals surface area contributed by atoms with Crippen LogP contribution in [0.3, 0.4) is 0 Å². The lowest BCUT2D eigenvalue weighted by molar-refractivity contribution is 0.580. The smallest absolute Gasteiger partial charge is 0.240 e. The fraction of sp³-hybridized carbons (Fsp3) is 0.562. The second kappa shape index (κ2) is 12.0. The molecule has 2 rings (SSSR count). The van der Waals surface area contributed by atoms with Gasteiger partial charge >= 0.3 is 0 Å². The van der Waals surface area contributed by atoms with Crippen molar-refractivity contribution in [2.75, 3.05) is 31.9 Å². The van der Waals surface area contributed by atoms with Crippen LogP contribution in [0.1, 0.15) is 19.8 Å². The van der Waals surface area contributed by atoms with Crippen LogP contribution in [-0.2, 0) is 10.0 Å². The average Bonchev–Trinajstić information content (AvgIpc) is 3.11. The summed E-state index contributed by atoms with van der Waals surface area (Å²) in [4.78, 5) is 4.87. The minimum Gasteiger partial charge on any atom is -0.357 e. The molecule has 1 aromatic carbocycles. The number of guanidine groups is 1. The monoisotopic (exact) mass is 498 g/mol. The van der Waals surface area contributed by atoms with Gasteiger partial charge in [0.2, 0.25) is 10.0 Å². The number of hydrogen-bond donors (Lipinski definition) is 3. The van der Waals surface area contributed by atoms with Gasteiger partial charge in [-0.2, -0.15) is 11.8 Å². The van der Waals surface area contributed by atoms with E-state index in [-0.39, 0.29) is 28.9 Å². The van der Waals surface area contributed by atoms with Crippen molar-refractivity contribution in [3.05, 3.63) is 30.3 Å². The molecular formula is C16H27IN4O2S2. The lowest BCUT2D eigenvalue weighted by Gasteiger charge is -2.13. The van der Waals surface area contributed by atoms with Gasteiger partial charge < -0.3 is 10.6 Å². The van der Waals surface area contributed by atoms with E-state index in [2.05, 4.69) is 20.3 Å². The van der Waals surface area contributed by atoms with Gasteiger partial charge in [-0.1, -0.05) is 18.2 Å². The Balaban J connectivity index is 0.00000312. The largest absolute Gasteiger partial charge is 0.357 e. The fourth-order valence-electron chi connectivity index (χ4n) is 2.37. The molecule has 0 aromatic heterocycles. The summed E-state index contributed by atoms with van der Waals surface area (Å²) in [6.07, 6.45) is 2.50. The maximum atomic E-state index is 12.1. The number of sulfonamides is 1. The number of aliphatic imine (C=N–C) groups is 1. The Morgan fingerprint density at radius 1 is 1.24 bits per heavy atom. The van der Waals surface area contributed by atoms with Gasteiger partial charge in [-0.15, -0.1) is 24.0 Å². The number of nitrogens with zero attached hydrogens (tertiary/aromatic N) is 1. The molecule has 0 saturated carbocycles. The second-order valence-corrected chi connectivity index (χ2v) is 8.67. The van der Waals surface area contributed by atoms with Crippen molar-refractivity contribution in [3.63, 3.8) is 0 Å². The first-order valence-corrected chi connectivity index (χ1v) is 10.8. The summed E-state index contributed by atoms with van der Waals surface area (Å²) in [5.74, 6) is 1.97. The second-order valence-electron chi connectivity index (χ2n) is 5.49. The highest BCUT2D eigenvalue weighted by Crippen LogP contribution is 2.25. The predicted molar refractivity (Wildman–Crippen MR) is 117 cm³/mol. The third kappa shape index (κ3) is 8.14. The minimum absolute atomic E-state index is 0. The maximum Gasteiger partial charge on any atom is 0.240 e. The molecule has 25 heavy (non-hydrogen) atoms. The van der Waals surface area contributed by atoms with Crippen LogP contribution >= 0.6 is 35.7 Å². The Hall–Kier alpha value is -0.520. The Bertz CT molecular complexity index is 620. The molecule has 6 nitrogen and oxygen atoms in total. The number of benzene rings is 1. The van der Waals surface area contributed by atoms with Gasteiger partial charge in [0, 0.05) is 24.9 Å². The Labute approximate surface area is 172 Å². The summed E-state index contributed by atoms with van der Waals surface area (Å²) in [5.41, 5.74) is 0. The van der Waals surface area contributed by atoms with E-state index in [1.54, 1.807) is 30.3 Å². The predicted octanol–water partition coefficient (Wildman–Crippen LogP) is 2.03. The lowest BCUT2D eigenvalue weighted by atomic mass is 10.2. The quantitative estimate of drug-likeness (QED) is 0.221. The van der Waals surface area contributed by atoms with Crippen LogP contribution in [0.15, 0.2) is 40.2 Å². The molecule has 1 aliphatic heterocycles. The van der Waals surface area contributed by atoms with E-state index in [4.69, 9.17) is 0 Å². The molecule has 1 fully saturated rings. The fourth-order valence-corrected chi connectivity index (χ4v) is 4.61. The highest BCUT2D eigenvalue weighted by molar-refractivity contribution is 14.0. The molecule has 0 amide bonds. The molecule has 0 aliphatic carbocycles. The number of thioether (sulfide) groups is 1. The van der Waals surface area contributed by atoms with E-state index in [1.165, 1.54) is 18.6 Å². The van der Waals surface area contributed by atoms with Crippen molar-refractivity contribution in [2.24, 2.45) is 4.99 Å². The molecule has 0 bridgehead atoms. The van der Waals surface area contributed by atoms with Crippen molar-refractivity contribution >= 4 is 51.7 Å². The summed E-state index contributed by atoms with van der Waals surface area (Å²) in [7, 11) is -3.45. The van der Waals surface area contributed by atoms with Crippen molar-refractivity contribution in [2.45, 2.75) is 29.9 Å². The van der Waals surface area contributed by atoms with Crippen LogP contribution in [0.2, 0.25) is 0 Å². The molecule has 1 atom stereocenters. The zero-order valence-electron chi connectivity index (χ0n) is 14.4. The number of nitrogens with one attached hydrogen (secondary N) is 3. The van der Waals surface area contributed by atoms with E-state index in [0.717, 1.165) is 19.0 Å². The third-order valence-corrected chi connectivity index (χ3v) is 6.44. The van der Waals surface area contributed by atoms with Gasteiger partial charge in [0.1, 0.15) is 0 Å². The van der Waals surface area contributed by atoms with E-state index in [9.17, 15) is 8.42 Å². The summed E-state index contributed by atoms with van der Waals surface area (Å²) in [6, 6.07) is 8.39. The van der Waals surface area contributed by atoms with Crippen LogP contribution in [-0.4, -0.2) is 51.6 Å².